The molecular formula is C20H15ClN2O3. The lowest BCUT2D eigenvalue weighted by Gasteiger charge is -2.18. The van der Waals surface area contributed by atoms with Crippen molar-refractivity contribution in [2.24, 2.45) is 0 Å². The Morgan fingerprint density at radius 2 is 1.73 bits per heavy atom. The van der Waals surface area contributed by atoms with E-state index in [1.54, 1.807) is 43.5 Å². The highest BCUT2D eigenvalue weighted by atomic mass is 35.5. The number of benzene rings is 2. The minimum absolute atomic E-state index is 0.327. The number of rotatable bonds is 3. The summed E-state index contributed by atoms with van der Waals surface area (Å²) in [4.78, 5) is 31.1. The van der Waals surface area contributed by atoms with Crippen molar-refractivity contribution in [2.75, 3.05) is 12.0 Å². The van der Waals surface area contributed by atoms with Crippen molar-refractivity contribution < 1.29 is 14.3 Å². The maximum absolute atomic E-state index is 12.8. The van der Waals surface area contributed by atoms with E-state index in [0.717, 1.165) is 16.5 Å². The molecule has 4 rings (SSSR count). The number of ether oxygens (including phenoxy) is 1. The fourth-order valence-corrected chi connectivity index (χ4v) is 3.55. The van der Waals surface area contributed by atoms with Gasteiger partial charge >= 0.3 is 0 Å². The number of imide groups is 1. The standard InChI is InChI=1S/C20H15ClN2O3/c1-11-7-15-12(10-26-2)8-18(21)22-16(15)9-17(11)23-19(24)13-5-3-4-6-14(13)20(23)25/h3-9H,10H2,1-2H3. The second-order valence-electron chi connectivity index (χ2n) is 6.18. The molecule has 2 amide bonds. The Balaban J connectivity index is 1.90. The average Bonchev–Trinajstić information content (AvgIpc) is 2.87. The molecule has 2 aromatic carbocycles. The summed E-state index contributed by atoms with van der Waals surface area (Å²) < 4.78 is 5.23. The van der Waals surface area contributed by atoms with Gasteiger partial charge in [0.2, 0.25) is 0 Å². The number of halogens is 1. The van der Waals surface area contributed by atoms with Crippen molar-refractivity contribution in [3.8, 4) is 0 Å². The second kappa shape index (κ2) is 6.20. The van der Waals surface area contributed by atoms with Gasteiger partial charge < -0.3 is 4.74 Å². The highest BCUT2D eigenvalue weighted by Crippen LogP contribution is 2.34. The quantitative estimate of drug-likeness (QED) is 0.516. The molecule has 6 heteroatoms. The lowest BCUT2D eigenvalue weighted by molar-refractivity contribution is 0.0926. The number of aryl methyl sites for hydroxylation is 1. The summed E-state index contributed by atoms with van der Waals surface area (Å²) in [6.45, 7) is 2.26. The van der Waals surface area contributed by atoms with Gasteiger partial charge in [0.05, 0.1) is 28.9 Å². The first-order valence-electron chi connectivity index (χ1n) is 8.08. The molecule has 3 aromatic rings. The highest BCUT2D eigenvalue weighted by Gasteiger charge is 2.37. The van der Waals surface area contributed by atoms with Crippen LogP contribution in [0.4, 0.5) is 5.69 Å². The predicted molar refractivity (Wildman–Crippen MR) is 99.8 cm³/mol. The van der Waals surface area contributed by atoms with Crippen LogP contribution in [0.2, 0.25) is 5.15 Å². The number of amides is 2. The Morgan fingerprint density at radius 3 is 2.35 bits per heavy atom. The predicted octanol–water partition coefficient (Wildman–Crippen LogP) is 4.14. The van der Waals surface area contributed by atoms with Gasteiger partial charge in [0.15, 0.2) is 0 Å². The van der Waals surface area contributed by atoms with Crippen LogP contribution in [0.3, 0.4) is 0 Å². The van der Waals surface area contributed by atoms with Crippen molar-refractivity contribution in [1.29, 1.82) is 0 Å². The zero-order valence-electron chi connectivity index (χ0n) is 14.2. The van der Waals surface area contributed by atoms with E-state index in [1.165, 1.54) is 4.90 Å². The van der Waals surface area contributed by atoms with E-state index < -0.39 is 0 Å². The number of methoxy groups -OCH3 is 1. The van der Waals surface area contributed by atoms with Crippen LogP contribution in [0.15, 0.2) is 42.5 Å². The molecule has 1 aliphatic rings. The van der Waals surface area contributed by atoms with Gasteiger partial charge in [-0.15, -0.1) is 0 Å². The molecule has 0 aliphatic carbocycles. The van der Waals surface area contributed by atoms with Gasteiger partial charge in [0, 0.05) is 12.5 Å². The molecule has 0 saturated heterocycles. The molecule has 0 unspecified atom stereocenters. The zero-order valence-corrected chi connectivity index (χ0v) is 15.0. The minimum Gasteiger partial charge on any atom is -0.380 e. The first-order chi connectivity index (χ1) is 12.5. The Bertz CT molecular complexity index is 1040. The number of nitrogens with zero attached hydrogens (tertiary/aromatic N) is 2. The third-order valence-electron chi connectivity index (χ3n) is 4.52. The molecule has 0 spiro atoms. The number of hydrogen-bond donors (Lipinski definition) is 0. The third kappa shape index (κ3) is 2.48. The molecule has 1 aromatic heterocycles. The van der Waals surface area contributed by atoms with Crippen molar-refractivity contribution in [3.05, 3.63) is 69.9 Å². The summed E-state index contributed by atoms with van der Waals surface area (Å²) >= 11 is 6.13. The maximum Gasteiger partial charge on any atom is 0.266 e. The van der Waals surface area contributed by atoms with Crippen molar-refractivity contribution in [3.63, 3.8) is 0 Å². The molecule has 130 valence electrons. The van der Waals surface area contributed by atoms with Crippen LogP contribution in [-0.4, -0.2) is 23.9 Å². The van der Waals surface area contributed by atoms with E-state index in [0.29, 0.717) is 34.1 Å². The van der Waals surface area contributed by atoms with Gasteiger partial charge in [-0.2, -0.15) is 0 Å². The molecule has 0 fully saturated rings. The monoisotopic (exact) mass is 366 g/mol. The molecule has 0 saturated carbocycles. The molecule has 0 bridgehead atoms. The Hall–Kier alpha value is -2.76. The van der Waals surface area contributed by atoms with Gasteiger partial charge in [-0.1, -0.05) is 23.7 Å². The lowest BCUT2D eigenvalue weighted by Crippen LogP contribution is -2.30. The molecule has 0 radical (unpaired) electrons. The second-order valence-corrected chi connectivity index (χ2v) is 6.57. The lowest BCUT2D eigenvalue weighted by atomic mass is 10.0. The Labute approximate surface area is 155 Å². The van der Waals surface area contributed by atoms with Crippen LogP contribution < -0.4 is 4.90 Å². The summed E-state index contributed by atoms with van der Waals surface area (Å²) in [6.07, 6.45) is 0. The zero-order chi connectivity index (χ0) is 18.4. The third-order valence-corrected chi connectivity index (χ3v) is 4.71. The number of aromatic nitrogens is 1. The Morgan fingerprint density at radius 1 is 1.08 bits per heavy atom. The van der Waals surface area contributed by atoms with E-state index in [4.69, 9.17) is 16.3 Å². The summed E-state index contributed by atoms with van der Waals surface area (Å²) in [6, 6.07) is 12.2. The van der Waals surface area contributed by atoms with E-state index >= 15 is 0 Å². The van der Waals surface area contributed by atoms with Gasteiger partial charge in [0.25, 0.3) is 11.8 Å². The fraction of sp³-hybridized carbons (Fsp3) is 0.150. The van der Waals surface area contributed by atoms with Crippen molar-refractivity contribution >= 4 is 40.0 Å². The maximum atomic E-state index is 12.8. The Kier molecular flexibility index (Phi) is 3.98. The minimum atomic E-state index is -0.327. The van der Waals surface area contributed by atoms with Crippen LogP contribution >= 0.6 is 11.6 Å². The van der Waals surface area contributed by atoms with Gasteiger partial charge in [-0.3, -0.25) is 9.59 Å². The molecule has 26 heavy (non-hydrogen) atoms. The number of pyridine rings is 1. The van der Waals surface area contributed by atoms with Crippen LogP contribution in [0, 0.1) is 6.92 Å². The molecule has 0 atom stereocenters. The number of fused-ring (bicyclic) bond motifs is 2. The molecular weight excluding hydrogens is 352 g/mol. The smallest absolute Gasteiger partial charge is 0.266 e. The van der Waals surface area contributed by atoms with Crippen LogP contribution in [0.5, 0.6) is 0 Å². The van der Waals surface area contributed by atoms with Crippen LogP contribution in [-0.2, 0) is 11.3 Å². The average molecular weight is 367 g/mol. The topological polar surface area (TPSA) is 59.5 Å². The SMILES string of the molecule is COCc1cc(Cl)nc2cc(N3C(=O)c4ccccc4C3=O)c(C)cc12. The number of anilines is 1. The summed E-state index contributed by atoms with van der Waals surface area (Å²) in [7, 11) is 1.61. The van der Waals surface area contributed by atoms with E-state index in [2.05, 4.69) is 4.98 Å². The summed E-state index contributed by atoms with van der Waals surface area (Å²) in [5, 5.41) is 1.22. The number of hydrogen-bond acceptors (Lipinski definition) is 4. The number of carbonyl (C=O) groups excluding carboxylic acids is 2. The van der Waals surface area contributed by atoms with Gasteiger partial charge in [-0.05, 0) is 48.4 Å². The first-order valence-corrected chi connectivity index (χ1v) is 8.45. The van der Waals surface area contributed by atoms with Crippen molar-refractivity contribution in [1.82, 2.24) is 4.98 Å². The highest BCUT2D eigenvalue weighted by molar-refractivity contribution is 6.35. The summed E-state index contributed by atoms with van der Waals surface area (Å²) in [5.41, 5.74) is 3.66. The van der Waals surface area contributed by atoms with E-state index in [9.17, 15) is 9.59 Å². The first kappa shape index (κ1) is 16.7. The van der Waals surface area contributed by atoms with E-state index in [1.807, 2.05) is 13.0 Å². The normalized spacial score (nSPS) is 13.6. The molecule has 5 nitrogen and oxygen atoms in total. The molecule has 1 aliphatic heterocycles. The van der Waals surface area contributed by atoms with Gasteiger partial charge in [-0.25, -0.2) is 9.88 Å². The fourth-order valence-electron chi connectivity index (χ4n) is 3.33. The molecule has 0 N–H and O–H groups in total. The van der Waals surface area contributed by atoms with Crippen LogP contribution in [0.25, 0.3) is 10.9 Å². The van der Waals surface area contributed by atoms with Crippen molar-refractivity contribution in [2.45, 2.75) is 13.5 Å². The van der Waals surface area contributed by atoms with E-state index in [-0.39, 0.29) is 11.8 Å². The van der Waals surface area contributed by atoms with Crippen LogP contribution in [0.1, 0.15) is 31.8 Å². The van der Waals surface area contributed by atoms with Gasteiger partial charge in [0.1, 0.15) is 5.15 Å². The summed E-state index contributed by atoms with van der Waals surface area (Å²) in [5.74, 6) is -0.653. The molecule has 2 heterocycles. The number of carbonyl (C=O) groups is 2. The largest absolute Gasteiger partial charge is 0.380 e.